The Labute approximate surface area is 71.1 Å². The van der Waals surface area contributed by atoms with Crippen LogP contribution >= 0.6 is 0 Å². The molecule has 1 aliphatic heterocycles. The van der Waals surface area contributed by atoms with Crippen LogP contribution in [0.3, 0.4) is 0 Å². The number of carbonyl (C=O) groups is 1. The van der Waals surface area contributed by atoms with Gasteiger partial charge in [0.2, 0.25) is 0 Å². The van der Waals surface area contributed by atoms with Crippen LogP contribution in [0.25, 0.3) is 0 Å². The first-order valence-electron chi connectivity index (χ1n) is 3.61. The van der Waals surface area contributed by atoms with E-state index in [1.807, 2.05) is 0 Å². The summed E-state index contributed by atoms with van der Waals surface area (Å²) in [6, 6.07) is 0. The van der Waals surface area contributed by atoms with Gasteiger partial charge in [-0.3, -0.25) is 4.79 Å². The van der Waals surface area contributed by atoms with Crippen molar-refractivity contribution in [3.8, 4) is 0 Å². The van der Waals surface area contributed by atoms with Gasteiger partial charge >= 0.3 is 0 Å². The van der Waals surface area contributed by atoms with Crippen LogP contribution in [0.1, 0.15) is 6.92 Å². The molecule has 0 fully saturated rings. The minimum absolute atomic E-state index is 0.194. The molecule has 2 unspecified atom stereocenters. The first kappa shape index (κ1) is 9.38. The number of ether oxygens (including phenoxy) is 3. The summed E-state index contributed by atoms with van der Waals surface area (Å²) in [5.41, 5.74) is 0. The molecule has 2 atom stereocenters. The first-order chi connectivity index (χ1) is 5.64. The summed E-state index contributed by atoms with van der Waals surface area (Å²) in [6.45, 7) is 1.41. The van der Waals surface area contributed by atoms with Crippen LogP contribution in [0, 0.1) is 0 Å². The van der Waals surface area contributed by atoms with Crippen LogP contribution < -0.4 is 0 Å². The molecule has 1 rings (SSSR count). The van der Waals surface area contributed by atoms with E-state index in [1.54, 1.807) is 12.2 Å². The van der Waals surface area contributed by atoms with E-state index in [-0.39, 0.29) is 5.78 Å². The predicted octanol–water partition coefficient (Wildman–Crippen LogP) is 0.477. The Hall–Kier alpha value is -0.710. The van der Waals surface area contributed by atoms with Crippen molar-refractivity contribution in [3.05, 3.63) is 12.2 Å². The smallest absolute Gasteiger partial charge is 0.251 e. The van der Waals surface area contributed by atoms with Gasteiger partial charge in [0.1, 0.15) is 0 Å². The van der Waals surface area contributed by atoms with Crippen molar-refractivity contribution in [2.24, 2.45) is 0 Å². The van der Waals surface area contributed by atoms with Crippen molar-refractivity contribution >= 4 is 5.78 Å². The molecule has 0 aromatic heterocycles. The molecule has 1 heterocycles. The summed E-state index contributed by atoms with van der Waals surface area (Å²) in [4.78, 5) is 11.1. The molecule has 12 heavy (non-hydrogen) atoms. The standard InChI is InChI=1S/C8H12O4/c1-6(9)8(11-3)5-4-7(10-2)12-8/h4-5,7H,1-3H3. The Bertz CT molecular complexity index is 211. The van der Waals surface area contributed by atoms with Crippen molar-refractivity contribution in [2.75, 3.05) is 14.2 Å². The summed E-state index contributed by atoms with van der Waals surface area (Å²) >= 11 is 0. The molecule has 0 amide bonds. The topological polar surface area (TPSA) is 44.8 Å². The molecule has 0 radical (unpaired) electrons. The first-order valence-corrected chi connectivity index (χ1v) is 3.61. The quantitative estimate of drug-likeness (QED) is 0.581. The third kappa shape index (κ3) is 1.41. The maximum absolute atomic E-state index is 11.1. The molecule has 0 bridgehead atoms. The molecular formula is C8H12O4. The van der Waals surface area contributed by atoms with Crippen molar-refractivity contribution in [3.63, 3.8) is 0 Å². The molecule has 0 aromatic carbocycles. The Morgan fingerprint density at radius 3 is 2.50 bits per heavy atom. The van der Waals surface area contributed by atoms with Gasteiger partial charge < -0.3 is 14.2 Å². The van der Waals surface area contributed by atoms with Crippen LogP contribution in [0.4, 0.5) is 0 Å². The molecule has 0 saturated heterocycles. The summed E-state index contributed by atoms with van der Waals surface area (Å²) in [5.74, 6) is -1.43. The predicted molar refractivity (Wildman–Crippen MR) is 41.4 cm³/mol. The van der Waals surface area contributed by atoms with E-state index < -0.39 is 12.1 Å². The molecular weight excluding hydrogens is 160 g/mol. The van der Waals surface area contributed by atoms with Gasteiger partial charge in [0.15, 0.2) is 12.1 Å². The van der Waals surface area contributed by atoms with E-state index in [1.165, 1.54) is 21.1 Å². The van der Waals surface area contributed by atoms with Crippen molar-refractivity contribution in [1.82, 2.24) is 0 Å². The van der Waals surface area contributed by atoms with Crippen LogP contribution in [-0.4, -0.2) is 32.1 Å². The van der Waals surface area contributed by atoms with Gasteiger partial charge in [0.25, 0.3) is 5.79 Å². The highest BCUT2D eigenvalue weighted by molar-refractivity contribution is 5.86. The summed E-state index contributed by atoms with van der Waals surface area (Å²) in [5, 5.41) is 0. The molecule has 4 nitrogen and oxygen atoms in total. The van der Waals surface area contributed by atoms with Gasteiger partial charge in [-0.05, 0) is 12.2 Å². The number of rotatable bonds is 3. The Kier molecular flexibility index (Phi) is 2.62. The minimum atomic E-state index is -1.24. The lowest BCUT2D eigenvalue weighted by Crippen LogP contribution is -2.39. The maximum atomic E-state index is 11.1. The van der Waals surface area contributed by atoms with E-state index in [0.717, 1.165) is 0 Å². The van der Waals surface area contributed by atoms with Gasteiger partial charge in [0.05, 0.1) is 0 Å². The average Bonchev–Trinajstić information content (AvgIpc) is 2.48. The van der Waals surface area contributed by atoms with E-state index in [0.29, 0.717) is 0 Å². The normalized spacial score (nSPS) is 34.1. The SMILES string of the molecule is COC1C=CC(OC)(C(C)=O)O1. The van der Waals surface area contributed by atoms with Gasteiger partial charge in [-0.15, -0.1) is 0 Å². The van der Waals surface area contributed by atoms with Crippen molar-refractivity contribution in [2.45, 2.75) is 19.0 Å². The molecule has 0 saturated carbocycles. The summed E-state index contributed by atoms with van der Waals surface area (Å²) < 4.78 is 15.0. The van der Waals surface area contributed by atoms with Crippen LogP contribution in [-0.2, 0) is 19.0 Å². The fourth-order valence-corrected chi connectivity index (χ4v) is 1.04. The molecule has 0 aromatic rings. The summed E-state index contributed by atoms with van der Waals surface area (Å²) in [6.07, 6.45) is 2.71. The molecule has 68 valence electrons. The van der Waals surface area contributed by atoms with Crippen molar-refractivity contribution < 1.29 is 19.0 Å². The van der Waals surface area contributed by atoms with Crippen LogP contribution in [0.15, 0.2) is 12.2 Å². The van der Waals surface area contributed by atoms with E-state index >= 15 is 0 Å². The third-order valence-corrected chi connectivity index (χ3v) is 1.79. The average molecular weight is 172 g/mol. The summed E-state index contributed by atoms with van der Waals surface area (Å²) in [7, 11) is 2.92. The largest absolute Gasteiger partial charge is 0.352 e. The van der Waals surface area contributed by atoms with Crippen LogP contribution in [0.2, 0.25) is 0 Å². The molecule has 0 N–H and O–H groups in total. The fourth-order valence-electron chi connectivity index (χ4n) is 1.04. The second-order valence-corrected chi connectivity index (χ2v) is 2.51. The molecule has 4 heteroatoms. The second-order valence-electron chi connectivity index (χ2n) is 2.51. The lowest BCUT2D eigenvalue weighted by molar-refractivity contribution is -0.233. The number of hydrogen-bond donors (Lipinski definition) is 0. The number of Topliss-reactive ketones (excluding diaryl/α,β-unsaturated/α-hetero) is 1. The van der Waals surface area contributed by atoms with Crippen LogP contribution in [0.5, 0.6) is 0 Å². The highest BCUT2D eigenvalue weighted by Gasteiger charge is 2.40. The lowest BCUT2D eigenvalue weighted by atomic mass is 10.2. The highest BCUT2D eigenvalue weighted by atomic mass is 16.8. The second kappa shape index (κ2) is 3.35. The number of hydrogen-bond acceptors (Lipinski definition) is 4. The Balaban J connectivity index is 2.74. The van der Waals surface area contributed by atoms with E-state index in [4.69, 9.17) is 14.2 Å². The molecule has 0 spiro atoms. The molecule has 0 aliphatic carbocycles. The maximum Gasteiger partial charge on any atom is 0.251 e. The highest BCUT2D eigenvalue weighted by Crippen LogP contribution is 2.25. The third-order valence-electron chi connectivity index (χ3n) is 1.79. The zero-order valence-electron chi connectivity index (χ0n) is 7.37. The van der Waals surface area contributed by atoms with E-state index in [2.05, 4.69) is 0 Å². The van der Waals surface area contributed by atoms with Gasteiger partial charge in [0, 0.05) is 21.1 Å². The molecule has 1 aliphatic rings. The van der Waals surface area contributed by atoms with Gasteiger partial charge in [-0.1, -0.05) is 0 Å². The minimum Gasteiger partial charge on any atom is -0.352 e. The van der Waals surface area contributed by atoms with E-state index in [9.17, 15) is 4.79 Å². The van der Waals surface area contributed by atoms with Gasteiger partial charge in [-0.25, -0.2) is 0 Å². The monoisotopic (exact) mass is 172 g/mol. The Morgan fingerprint density at radius 2 is 2.25 bits per heavy atom. The number of carbonyl (C=O) groups excluding carboxylic acids is 1. The lowest BCUT2D eigenvalue weighted by Gasteiger charge is -2.23. The fraction of sp³-hybridized carbons (Fsp3) is 0.625. The zero-order valence-corrected chi connectivity index (χ0v) is 7.37. The Morgan fingerprint density at radius 1 is 1.58 bits per heavy atom. The van der Waals surface area contributed by atoms with Crippen molar-refractivity contribution in [1.29, 1.82) is 0 Å². The zero-order chi connectivity index (χ0) is 9.19. The number of methoxy groups -OCH3 is 2. The van der Waals surface area contributed by atoms with Gasteiger partial charge in [-0.2, -0.15) is 0 Å². The number of ketones is 1.